The first-order valence-corrected chi connectivity index (χ1v) is 10.3. The first kappa shape index (κ1) is 21.0. The predicted octanol–water partition coefficient (Wildman–Crippen LogP) is 0.467. The fraction of sp³-hybridized carbons (Fsp3) is 0.833. The molecule has 2 fully saturated rings. The number of nitrogens with zero attached hydrogens (tertiary/aromatic N) is 4. The van der Waals surface area contributed by atoms with E-state index in [9.17, 15) is 0 Å². The lowest BCUT2D eigenvalue weighted by molar-refractivity contribution is 0.0547. The fourth-order valence-electron chi connectivity index (χ4n) is 3.31. The van der Waals surface area contributed by atoms with Crippen LogP contribution in [0.1, 0.15) is 25.7 Å². The van der Waals surface area contributed by atoms with Crippen molar-refractivity contribution in [1.29, 1.82) is 0 Å². The van der Waals surface area contributed by atoms with E-state index in [-0.39, 0.29) is 0 Å². The quantitative estimate of drug-likeness (QED) is 0.431. The molecular weight excluding hydrogens is 362 g/mol. The number of nitrogens with one attached hydrogen (secondary N) is 2. The summed E-state index contributed by atoms with van der Waals surface area (Å²) in [4.78, 5) is 15.9. The van der Waals surface area contributed by atoms with E-state index in [0.29, 0.717) is 76.6 Å². The zero-order valence-corrected chi connectivity index (χ0v) is 16.6. The number of nitrogens with two attached hydrogens (primary N) is 1. The van der Waals surface area contributed by atoms with Crippen LogP contribution in [0.2, 0.25) is 0 Å². The van der Waals surface area contributed by atoms with Crippen molar-refractivity contribution in [2.45, 2.75) is 31.7 Å². The highest BCUT2D eigenvalue weighted by Crippen LogP contribution is 2.22. The molecule has 1 saturated heterocycles. The van der Waals surface area contributed by atoms with Gasteiger partial charge in [0.15, 0.2) is 0 Å². The maximum Gasteiger partial charge on any atom is 0.232 e. The average Bonchev–Trinajstić information content (AvgIpc) is 3.23. The Morgan fingerprint density at radius 3 is 2.43 bits per heavy atom. The molecule has 28 heavy (non-hydrogen) atoms. The Labute approximate surface area is 166 Å². The van der Waals surface area contributed by atoms with Crippen molar-refractivity contribution in [2.75, 3.05) is 81.4 Å². The van der Waals surface area contributed by atoms with Crippen LogP contribution in [0.15, 0.2) is 0 Å². The normalized spacial score (nSPS) is 17.8. The summed E-state index contributed by atoms with van der Waals surface area (Å²) in [5.74, 6) is 1.90. The number of hydrogen-bond acceptors (Lipinski definition) is 10. The van der Waals surface area contributed by atoms with Crippen LogP contribution in [0.3, 0.4) is 0 Å². The van der Waals surface area contributed by atoms with Gasteiger partial charge in [0.1, 0.15) is 0 Å². The molecule has 1 saturated carbocycles. The van der Waals surface area contributed by atoms with Gasteiger partial charge >= 0.3 is 0 Å². The molecule has 1 aromatic rings. The lowest BCUT2D eigenvalue weighted by atomic mass is 10.3. The van der Waals surface area contributed by atoms with E-state index in [1.165, 1.54) is 25.7 Å². The summed E-state index contributed by atoms with van der Waals surface area (Å²) < 4.78 is 16.3. The van der Waals surface area contributed by atoms with Gasteiger partial charge in [-0.25, -0.2) is 0 Å². The predicted molar refractivity (Wildman–Crippen MR) is 108 cm³/mol. The Morgan fingerprint density at radius 2 is 1.68 bits per heavy atom. The molecule has 3 rings (SSSR count). The highest BCUT2D eigenvalue weighted by molar-refractivity contribution is 5.44. The smallest absolute Gasteiger partial charge is 0.232 e. The molecule has 0 atom stereocenters. The van der Waals surface area contributed by atoms with Gasteiger partial charge in [-0.2, -0.15) is 15.0 Å². The highest BCUT2D eigenvalue weighted by atomic mass is 16.5. The zero-order chi connectivity index (χ0) is 19.4. The second kappa shape index (κ2) is 11.9. The van der Waals surface area contributed by atoms with Crippen molar-refractivity contribution in [3.8, 4) is 0 Å². The molecule has 0 aromatic carbocycles. The van der Waals surface area contributed by atoms with E-state index in [4.69, 9.17) is 19.9 Å². The summed E-state index contributed by atoms with van der Waals surface area (Å²) in [5, 5.41) is 6.72. The van der Waals surface area contributed by atoms with E-state index >= 15 is 0 Å². The lowest BCUT2D eigenvalue weighted by Gasteiger charge is -2.27. The minimum absolute atomic E-state index is 0.449. The Hall–Kier alpha value is -1.75. The van der Waals surface area contributed by atoms with Gasteiger partial charge in [0.05, 0.1) is 39.6 Å². The highest BCUT2D eigenvalue weighted by Gasteiger charge is 2.19. The number of hydrogen-bond donors (Lipinski definition) is 3. The summed E-state index contributed by atoms with van der Waals surface area (Å²) >= 11 is 0. The SMILES string of the molecule is NCCOCCOCCNc1nc(NC2CCCC2)nc(N2CCOCC2)n1. The molecule has 158 valence electrons. The number of aromatic nitrogens is 3. The summed E-state index contributed by atoms with van der Waals surface area (Å²) in [5.41, 5.74) is 5.37. The number of rotatable bonds is 12. The van der Waals surface area contributed by atoms with Gasteiger partial charge < -0.3 is 35.5 Å². The maximum absolute atomic E-state index is 5.54. The molecule has 1 aliphatic heterocycles. The van der Waals surface area contributed by atoms with Crippen LogP contribution < -0.4 is 21.3 Å². The van der Waals surface area contributed by atoms with Crippen LogP contribution in [0.4, 0.5) is 17.8 Å². The number of ether oxygens (including phenoxy) is 3. The van der Waals surface area contributed by atoms with Gasteiger partial charge in [-0.05, 0) is 12.8 Å². The van der Waals surface area contributed by atoms with Crippen LogP contribution >= 0.6 is 0 Å². The van der Waals surface area contributed by atoms with E-state index < -0.39 is 0 Å². The third-order valence-electron chi connectivity index (χ3n) is 4.77. The molecule has 2 aliphatic rings. The first-order valence-electron chi connectivity index (χ1n) is 10.3. The zero-order valence-electron chi connectivity index (χ0n) is 16.6. The van der Waals surface area contributed by atoms with Crippen LogP contribution in [0.25, 0.3) is 0 Å². The molecule has 0 unspecified atom stereocenters. The van der Waals surface area contributed by atoms with Crippen LogP contribution in [-0.4, -0.2) is 86.8 Å². The maximum atomic E-state index is 5.54. The van der Waals surface area contributed by atoms with Gasteiger partial charge in [0.2, 0.25) is 17.8 Å². The van der Waals surface area contributed by atoms with Gasteiger partial charge in [0, 0.05) is 32.2 Å². The molecule has 1 aromatic heterocycles. The van der Waals surface area contributed by atoms with Crippen LogP contribution in [0, 0.1) is 0 Å². The minimum Gasteiger partial charge on any atom is -0.378 e. The Morgan fingerprint density at radius 1 is 0.964 bits per heavy atom. The van der Waals surface area contributed by atoms with Crippen molar-refractivity contribution in [2.24, 2.45) is 5.73 Å². The number of morpholine rings is 1. The van der Waals surface area contributed by atoms with Crippen LogP contribution in [0.5, 0.6) is 0 Å². The largest absolute Gasteiger partial charge is 0.378 e. The van der Waals surface area contributed by atoms with Gasteiger partial charge in [-0.1, -0.05) is 12.8 Å². The molecule has 2 heterocycles. The molecule has 0 spiro atoms. The monoisotopic (exact) mass is 395 g/mol. The van der Waals surface area contributed by atoms with E-state index in [1.54, 1.807) is 0 Å². The van der Waals surface area contributed by atoms with Gasteiger partial charge in [0.25, 0.3) is 0 Å². The van der Waals surface area contributed by atoms with E-state index in [1.807, 2.05) is 0 Å². The molecular formula is C18H33N7O3. The summed E-state index contributed by atoms with van der Waals surface area (Å²) in [6.45, 7) is 6.34. The van der Waals surface area contributed by atoms with Crippen molar-refractivity contribution in [3.05, 3.63) is 0 Å². The Bertz CT molecular complexity index is 566. The molecule has 10 heteroatoms. The molecule has 4 N–H and O–H groups in total. The average molecular weight is 396 g/mol. The first-order chi connectivity index (χ1) is 13.8. The third kappa shape index (κ3) is 7.01. The van der Waals surface area contributed by atoms with Crippen molar-refractivity contribution < 1.29 is 14.2 Å². The second-order valence-corrected chi connectivity index (χ2v) is 6.95. The van der Waals surface area contributed by atoms with E-state index in [0.717, 1.165) is 13.1 Å². The van der Waals surface area contributed by atoms with Crippen molar-refractivity contribution in [3.63, 3.8) is 0 Å². The van der Waals surface area contributed by atoms with Crippen LogP contribution in [-0.2, 0) is 14.2 Å². The van der Waals surface area contributed by atoms with Gasteiger partial charge in [-0.3, -0.25) is 0 Å². The van der Waals surface area contributed by atoms with Crippen molar-refractivity contribution in [1.82, 2.24) is 15.0 Å². The fourth-order valence-corrected chi connectivity index (χ4v) is 3.31. The minimum atomic E-state index is 0.449. The van der Waals surface area contributed by atoms with Crippen molar-refractivity contribution >= 4 is 17.8 Å². The van der Waals surface area contributed by atoms with E-state index in [2.05, 4.69) is 30.5 Å². The topological polar surface area (TPSA) is 120 Å². The summed E-state index contributed by atoms with van der Waals surface area (Å²) in [6, 6.07) is 0.449. The second-order valence-electron chi connectivity index (χ2n) is 6.95. The summed E-state index contributed by atoms with van der Waals surface area (Å²) in [7, 11) is 0. The molecule has 0 amide bonds. The number of anilines is 3. The standard InChI is InChI=1S/C18H33N7O3/c19-5-9-26-13-14-27-10-6-20-16-22-17(21-15-3-1-2-4-15)24-18(23-16)25-7-11-28-12-8-25/h15H,1-14,19H2,(H2,20,21,22,23,24). The molecule has 0 radical (unpaired) electrons. The summed E-state index contributed by atoms with van der Waals surface area (Å²) in [6.07, 6.45) is 4.86. The third-order valence-corrected chi connectivity index (χ3v) is 4.77. The van der Waals surface area contributed by atoms with Gasteiger partial charge in [-0.15, -0.1) is 0 Å². The lowest BCUT2D eigenvalue weighted by Crippen LogP contribution is -2.37. The molecule has 10 nitrogen and oxygen atoms in total. The Kier molecular flexibility index (Phi) is 8.95. The molecule has 0 bridgehead atoms. The molecule has 1 aliphatic carbocycles. The Balaban J connectivity index is 1.52.